The minimum absolute atomic E-state index is 0.0595. The summed E-state index contributed by atoms with van der Waals surface area (Å²) in [7, 11) is 0. The van der Waals surface area contributed by atoms with Crippen LogP contribution >= 0.6 is 0 Å². The minimum Gasteiger partial charge on any atom is -0.394 e. The number of nitrogens with two attached hydrogens (primary N) is 1. The van der Waals surface area contributed by atoms with Gasteiger partial charge in [0.25, 0.3) is 0 Å². The van der Waals surface area contributed by atoms with E-state index in [2.05, 4.69) is 18.7 Å². The van der Waals surface area contributed by atoms with Gasteiger partial charge in [0.2, 0.25) is 0 Å². The fourth-order valence-electron chi connectivity index (χ4n) is 1.92. The molecule has 0 bridgehead atoms. The molecule has 13 heavy (non-hydrogen) atoms. The predicted octanol–water partition coefficient (Wildman–Crippen LogP) is 0.428. The van der Waals surface area contributed by atoms with Crippen molar-refractivity contribution in [2.45, 2.75) is 32.7 Å². The van der Waals surface area contributed by atoms with Gasteiger partial charge in [-0.2, -0.15) is 0 Å². The monoisotopic (exact) mass is 186 g/mol. The summed E-state index contributed by atoms with van der Waals surface area (Å²) in [5.41, 5.74) is 5.87. The molecule has 78 valence electrons. The van der Waals surface area contributed by atoms with Crippen molar-refractivity contribution < 1.29 is 5.11 Å². The van der Waals surface area contributed by atoms with E-state index in [1.54, 1.807) is 0 Å². The molecule has 3 N–H and O–H groups in total. The van der Waals surface area contributed by atoms with Gasteiger partial charge in [0, 0.05) is 18.6 Å². The number of hydrogen-bond donors (Lipinski definition) is 2. The summed E-state index contributed by atoms with van der Waals surface area (Å²) in [5, 5.41) is 9.03. The Morgan fingerprint density at radius 2 is 2.15 bits per heavy atom. The van der Waals surface area contributed by atoms with Crippen molar-refractivity contribution in [3.63, 3.8) is 0 Å². The summed E-state index contributed by atoms with van der Waals surface area (Å²) in [6.45, 7) is 9.52. The molecule has 0 aromatic carbocycles. The van der Waals surface area contributed by atoms with Crippen molar-refractivity contribution in [1.82, 2.24) is 4.90 Å². The van der Waals surface area contributed by atoms with Crippen LogP contribution in [0.2, 0.25) is 0 Å². The molecule has 0 aromatic heterocycles. The van der Waals surface area contributed by atoms with Gasteiger partial charge in [-0.3, -0.25) is 0 Å². The Morgan fingerprint density at radius 1 is 1.54 bits per heavy atom. The van der Waals surface area contributed by atoms with Crippen LogP contribution in [0.25, 0.3) is 0 Å². The van der Waals surface area contributed by atoms with Gasteiger partial charge in [0.05, 0.1) is 6.61 Å². The van der Waals surface area contributed by atoms with Crippen molar-refractivity contribution in [1.29, 1.82) is 0 Å². The maximum Gasteiger partial charge on any atom is 0.0621 e. The van der Waals surface area contributed by atoms with E-state index >= 15 is 0 Å². The average molecular weight is 186 g/mol. The maximum absolute atomic E-state index is 9.03. The number of aliphatic hydroxyl groups excluding tert-OH is 1. The van der Waals surface area contributed by atoms with Crippen LogP contribution in [0.5, 0.6) is 0 Å². The largest absolute Gasteiger partial charge is 0.394 e. The van der Waals surface area contributed by atoms with Crippen LogP contribution in [-0.2, 0) is 0 Å². The number of aliphatic hydroxyl groups is 1. The van der Waals surface area contributed by atoms with Crippen LogP contribution in [-0.4, -0.2) is 41.8 Å². The van der Waals surface area contributed by atoms with Crippen LogP contribution in [0.4, 0.5) is 0 Å². The van der Waals surface area contributed by atoms with Crippen LogP contribution in [0.15, 0.2) is 0 Å². The Labute approximate surface area is 80.9 Å². The topological polar surface area (TPSA) is 49.5 Å². The van der Waals surface area contributed by atoms with Gasteiger partial charge in [-0.1, -0.05) is 13.8 Å². The molecule has 1 fully saturated rings. The smallest absolute Gasteiger partial charge is 0.0621 e. The first-order chi connectivity index (χ1) is 5.85. The van der Waals surface area contributed by atoms with Gasteiger partial charge in [-0.15, -0.1) is 0 Å². The standard InChI is InChI=1S/C10H22N2O/c1-9(2)4-5-12(6-9)7-10(3,11)8-13/h13H,4-8,11H2,1-3H3. The lowest BCUT2D eigenvalue weighted by molar-refractivity contribution is 0.156. The first-order valence-corrected chi connectivity index (χ1v) is 4.97. The van der Waals surface area contributed by atoms with Crippen molar-refractivity contribution >= 4 is 0 Å². The summed E-state index contributed by atoms with van der Waals surface area (Å²) in [4.78, 5) is 2.34. The van der Waals surface area contributed by atoms with E-state index in [0.29, 0.717) is 5.41 Å². The van der Waals surface area contributed by atoms with E-state index in [1.165, 1.54) is 6.42 Å². The van der Waals surface area contributed by atoms with Crippen molar-refractivity contribution in [3.05, 3.63) is 0 Å². The molecule has 0 radical (unpaired) electrons. The van der Waals surface area contributed by atoms with Gasteiger partial charge >= 0.3 is 0 Å². The summed E-state index contributed by atoms with van der Waals surface area (Å²) in [6.07, 6.45) is 1.23. The number of nitrogens with zero attached hydrogens (tertiary/aromatic N) is 1. The van der Waals surface area contributed by atoms with Crippen LogP contribution < -0.4 is 5.73 Å². The molecule has 1 aliphatic rings. The van der Waals surface area contributed by atoms with E-state index in [1.807, 2.05) is 6.92 Å². The van der Waals surface area contributed by atoms with Gasteiger partial charge in [0.15, 0.2) is 0 Å². The SMILES string of the molecule is CC1(C)CCN(CC(C)(N)CO)C1. The van der Waals surface area contributed by atoms with Crippen molar-refractivity contribution in [3.8, 4) is 0 Å². The van der Waals surface area contributed by atoms with E-state index in [0.717, 1.165) is 19.6 Å². The molecular formula is C10H22N2O. The molecule has 0 aliphatic carbocycles. The summed E-state index contributed by atoms with van der Waals surface area (Å²) in [6, 6.07) is 0. The van der Waals surface area contributed by atoms with E-state index < -0.39 is 5.54 Å². The molecular weight excluding hydrogens is 164 g/mol. The molecule has 1 rings (SSSR count). The normalized spacial score (nSPS) is 27.5. The van der Waals surface area contributed by atoms with Gasteiger partial charge in [-0.05, 0) is 25.3 Å². The summed E-state index contributed by atoms with van der Waals surface area (Å²) < 4.78 is 0. The zero-order chi connectivity index (χ0) is 10.1. The molecule has 1 unspecified atom stereocenters. The van der Waals surface area contributed by atoms with Gasteiger partial charge < -0.3 is 15.7 Å². The second-order valence-electron chi connectivity index (χ2n) is 5.44. The van der Waals surface area contributed by atoms with E-state index in [9.17, 15) is 0 Å². The number of likely N-dealkylation sites (tertiary alicyclic amines) is 1. The second-order valence-corrected chi connectivity index (χ2v) is 5.44. The molecule has 1 aliphatic heterocycles. The minimum atomic E-state index is -0.444. The zero-order valence-corrected chi connectivity index (χ0v) is 9.01. The van der Waals surface area contributed by atoms with Crippen LogP contribution in [0.3, 0.4) is 0 Å². The third-order valence-electron chi connectivity index (χ3n) is 2.70. The Hall–Kier alpha value is -0.120. The highest BCUT2D eigenvalue weighted by Crippen LogP contribution is 2.29. The third-order valence-corrected chi connectivity index (χ3v) is 2.70. The Bertz CT molecular complexity index is 178. The Morgan fingerprint density at radius 3 is 2.54 bits per heavy atom. The first kappa shape index (κ1) is 11.0. The number of rotatable bonds is 3. The molecule has 0 aromatic rings. The highest BCUT2D eigenvalue weighted by Gasteiger charge is 2.32. The number of hydrogen-bond acceptors (Lipinski definition) is 3. The van der Waals surface area contributed by atoms with Gasteiger partial charge in [0.1, 0.15) is 0 Å². The molecule has 1 atom stereocenters. The van der Waals surface area contributed by atoms with Crippen molar-refractivity contribution in [2.24, 2.45) is 11.1 Å². The molecule has 0 spiro atoms. The highest BCUT2D eigenvalue weighted by atomic mass is 16.3. The molecule has 3 heteroatoms. The first-order valence-electron chi connectivity index (χ1n) is 4.97. The fourth-order valence-corrected chi connectivity index (χ4v) is 1.92. The quantitative estimate of drug-likeness (QED) is 0.672. The molecule has 0 amide bonds. The predicted molar refractivity (Wildman–Crippen MR) is 54.5 cm³/mol. The summed E-state index contributed by atoms with van der Waals surface area (Å²) in [5.74, 6) is 0. The van der Waals surface area contributed by atoms with Crippen molar-refractivity contribution in [2.75, 3.05) is 26.2 Å². The maximum atomic E-state index is 9.03. The van der Waals surface area contributed by atoms with E-state index in [4.69, 9.17) is 10.8 Å². The van der Waals surface area contributed by atoms with Gasteiger partial charge in [-0.25, -0.2) is 0 Å². The lowest BCUT2D eigenvalue weighted by atomic mass is 9.93. The second kappa shape index (κ2) is 3.56. The van der Waals surface area contributed by atoms with Crippen LogP contribution in [0.1, 0.15) is 27.2 Å². The average Bonchev–Trinajstić information content (AvgIpc) is 2.29. The molecule has 1 heterocycles. The lowest BCUT2D eigenvalue weighted by Gasteiger charge is -2.29. The fraction of sp³-hybridized carbons (Fsp3) is 1.00. The molecule has 3 nitrogen and oxygen atoms in total. The molecule has 0 saturated carbocycles. The molecule has 1 saturated heterocycles. The lowest BCUT2D eigenvalue weighted by Crippen LogP contribution is -2.50. The Kier molecular flexibility index (Phi) is 3.00. The summed E-state index contributed by atoms with van der Waals surface area (Å²) >= 11 is 0. The highest BCUT2D eigenvalue weighted by molar-refractivity contribution is 4.88. The zero-order valence-electron chi connectivity index (χ0n) is 9.01. The van der Waals surface area contributed by atoms with E-state index in [-0.39, 0.29) is 6.61 Å². The third kappa shape index (κ3) is 3.25. The van der Waals surface area contributed by atoms with Crippen LogP contribution in [0, 0.1) is 5.41 Å². The Balaban J connectivity index is 2.40.